The van der Waals surface area contributed by atoms with E-state index in [0.29, 0.717) is 19.7 Å². The molecule has 0 bridgehead atoms. The van der Waals surface area contributed by atoms with Crippen molar-refractivity contribution >= 4 is 17.3 Å². The Labute approximate surface area is 126 Å². The van der Waals surface area contributed by atoms with E-state index in [9.17, 15) is 4.79 Å². The molecule has 1 N–H and O–H groups in total. The summed E-state index contributed by atoms with van der Waals surface area (Å²) in [5, 5.41) is 11.7. The molecule has 1 atom stereocenters. The monoisotopic (exact) mass is 308 g/mol. The lowest BCUT2D eigenvalue weighted by molar-refractivity contribution is -0.142. The lowest BCUT2D eigenvalue weighted by Gasteiger charge is -2.31. The van der Waals surface area contributed by atoms with E-state index < -0.39 is 5.97 Å². The van der Waals surface area contributed by atoms with Crippen molar-refractivity contribution in [2.75, 3.05) is 19.7 Å². The van der Waals surface area contributed by atoms with E-state index in [0.717, 1.165) is 23.0 Å². The number of thiazole rings is 1. The molecule has 0 spiro atoms. The van der Waals surface area contributed by atoms with Gasteiger partial charge in [-0.3, -0.25) is 9.69 Å². The smallest absolute Gasteiger partial charge is 0.306 e. The first-order chi connectivity index (χ1) is 10.2. The molecule has 1 aliphatic heterocycles. The summed E-state index contributed by atoms with van der Waals surface area (Å²) in [5.74, 6) is -0.0485. The summed E-state index contributed by atoms with van der Waals surface area (Å²) in [5.41, 5.74) is 0.974. The number of aromatic nitrogens is 1. The molecule has 0 aromatic carbocycles. The fourth-order valence-corrected chi connectivity index (χ4v) is 3.14. The number of rotatable bonds is 5. The van der Waals surface area contributed by atoms with Gasteiger partial charge in [-0.1, -0.05) is 0 Å². The van der Waals surface area contributed by atoms with E-state index in [4.69, 9.17) is 14.3 Å². The first kappa shape index (κ1) is 14.2. The molecule has 0 saturated carbocycles. The molecule has 21 heavy (non-hydrogen) atoms. The van der Waals surface area contributed by atoms with Gasteiger partial charge in [0.15, 0.2) is 10.8 Å². The first-order valence-corrected chi connectivity index (χ1v) is 7.62. The Morgan fingerprint density at radius 2 is 2.48 bits per heavy atom. The Morgan fingerprint density at radius 1 is 1.57 bits per heavy atom. The quantitative estimate of drug-likeness (QED) is 0.911. The lowest BCUT2D eigenvalue weighted by Crippen LogP contribution is -2.42. The van der Waals surface area contributed by atoms with Crippen molar-refractivity contribution in [2.45, 2.75) is 19.1 Å². The zero-order chi connectivity index (χ0) is 14.7. The van der Waals surface area contributed by atoms with Crippen LogP contribution in [-0.2, 0) is 16.1 Å². The molecule has 3 rings (SSSR count). The standard InChI is InChI=1S/C14H16N2O4S/c17-13(18)6-11-8-16(3-5-19-11)7-10-9-21-14(15-10)12-2-1-4-20-12/h1-2,4,9,11H,3,5-8H2,(H,17,18). The molecule has 1 aliphatic rings. The zero-order valence-corrected chi connectivity index (χ0v) is 12.2. The van der Waals surface area contributed by atoms with Gasteiger partial charge < -0.3 is 14.3 Å². The maximum atomic E-state index is 10.7. The summed E-state index contributed by atoms with van der Waals surface area (Å²) in [4.78, 5) is 17.5. The highest BCUT2D eigenvalue weighted by Crippen LogP contribution is 2.24. The van der Waals surface area contributed by atoms with Crippen LogP contribution < -0.4 is 0 Å². The minimum absolute atomic E-state index is 0.0468. The number of hydrogen-bond acceptors (Lipinski definition) is 6. The van der Waals surface area contributed by atoms with Gasteiger partial charge in [0.1, 0.15) is 0 Å². The van der Waals surface area contributed by atoms with Crippen LogP contribution in [0.3, 0.4) is 0 Å². The third kappa shape index (κ3) is 3.69. The second kappa shape index (κ2) is 6.38. The van der Waals surface area contributed by atoms with E-state index in [1.807, 2.05) is 17.5 Å². The minimum Gasteiger partial charge on any atom is -0.481 e. The predicted octanol–water partition coefficient (Wildman–Crippen LogP) is 2.08. The highest BCUT2D eigenvalue weighted by molar-refractivity contribution is 7.13. The Balaban J connectivity index is 1.60. The summed E-state index contributed by atoms with van der Waals surface area (Å²) in [6.07, 6.45) is 1.44. The van der Waals surface area contributed by atoms with Crippen LogP contribution in [-0.4, -0.2) is 46.8 Å². The number of nitrogens with zero attached hydrogens (tertiary/aromatic N) is 2. The Hall–Kier alpha value is -1.70. The normalized spacial score (nSPS) is 19.7. The van der Waals surface area contributed by atoms with Gasteiger partial charge in [0.2, 0.25) is 0 Å². The minimum atomic E-state index is -0.824. The van der Waals surface area contributed by atoms with Crippen LogP contribution in [0.1, 0.15) is 12.1 Å². The molecule has 6 nitrogen and oxygen atoms in total. The van der Waals surface area contributed by atoms with Crippen molar-refractivity contribution in [3.63, 3.8) is 0 Å². The summed E-state index contributed by atoms with van der Waals surface area (Å²) in [6, 6.07) is 3.73. The number of aliphatic carboxylic acids is 1. The van der Waals surface area contributed by atoms with Gasteiger partial charge >= 0.3 is 5.97 Å². The molecular formula is C14H16N2O4S. The predicted molar refractivity (Wildman–Crippen MR) is 77.1 cm³/mol. The number of carbonyl (C=O) groups is 1. The number of ether oxygens (including phenoxy) is 1. The van der Waals surface area contributed by atoms with Gasteiger partial charge in [-0.05, 0) is 12.1 Å². The Morgan fingerprint density at radius 3 is 3.24 bits per heavy atom. The van der Waals surface area contributed by atoms with E-state index in [1.165, 1.54) is 0 Å². The average Bonchev–Trinajstić information content (AvgIpc) is 3.08. The van der Waals surface area contributed by atoms with E-state index in [-0.39, 0.29) is 12.5 Å². The molecule has 2 aromatic rings. The largest absolute Gasteiger partial charge is 0.481 e. The van der Waals surface area contributed by atoms with Crippen molar-refractivity contribution in [3.8, 4) is 10.8 Å². The van der Waals surface area contributed by atoms with E-state index >= 15 is 0 Å². The Bertz CT molecular complexity index is 596. The van der Waals surface area contributed by atoms with Crippen LogP contribution in [0.25, 0.3) is 10.8 Å². The van der Waals surface area contributed by atoms with Gasteiger partial charge in [0.05, 0.1) is 31.1 Å². The molecule has 112 valence electrons. The number of carboxylic acids is 1. The molecule has 1 unspecified atom stereocenters. The van der Waals surface area contributed by atoms with Crippen LogP contribution in [0.4, 0.5) is 0 Å². The van der Waals surface area contributed by atoms with E-state index in [1.54, 1.807) is 17.6 Å². The van der Waals surface area contributed by atoms with E-state index in [2.05, 4.69) is 9.88 Å². The Kier molecular flexibility index (Phi) is 4.33. The lowest BCUT2D eigenvalue weighted by atomic mass is 10.2. The SMILES string of the molecule is O=C(O)CC1CN(Cc2csc(-c3ccco3)n2)CCO1. The van der Waals surface area contributed by atoms with Crippen molar-refractivity contribution in [1.82, 2.24) is 9.88 Å². The molecule has 2 aromatic heterocycles. The number of carboxylic acid groups (broad SMARTS) is 1. The molecular weight excluding hydrogens is 292 g/mol. The van der Waals surface area contributed by atoms with Crippen LogP contribution in [0, 0.1) is 0 Å². The van der Waals surface area contributed by atoms with Crippen molar-refractivity contribution < 1.29 is 19.1 Å². The summed E-state index contributed by atoms with van der Waals surface area (Å²) < 4.78 is 10.8. The average molecular weight is 308 g/mol. The highest BCUT2D eigenvalue weighted by atomic mass is 32.1. The summed E-state index contributed by atoms with van der Waals surface area (Å²) in [6.45, 7) is 2.69. The molecule has 1 saturated heterocycles. The van der Waals surface area contributed by atoms with Gasteiger partial charge in [-0.2, -0.15) is 0 Å². The first-order valence-electron chi connectivity index (χ1n) is 6.75. The maximum absolute atomic E-state index is 10.7. The van der Waals surface area contributed by atoms with Crippen LogP contribution in [0.2, 0.25) is 0 Å². The fraction of sp³-hybridized carbons (Fsp3) is 0.429. The summed E-state index contributed by atoms with van der Waals surface area (Å²) >= 11 is 1.55. The van der Waals surface area contributed by atoms with Crippen molar-refractivity contribution in [1.29, 1.82) is 0 Å². The molecule has 3 heterocycles. The molecule has 7 heteroatoms. The number of morpholine rings is 1. The second-order valence-corrected chi connectivity index (χ2v) is 5.81. The van der Waals surface area contributed by atoms with Gasteiger partial charge in [-0.25, -0.2) is 4.98 Å². The highest BCUT2D eigenvalue weighted by Gasteiger charge is 2.23. The number of hydrogen-bond donors (Lipinski definition) is 1. The molecule has 1 fully saturated rings. The zero-order valence-electron chi connectivity index (χ0n) is 11.4. The fourth-order valence-electron chi connectivity index (χ4n) is 2.36. The van der Waals surface area contributed by atoms with Crippen molar-refractivity contribution in [3.05, 3.63) is 29.5 Å². The molecule has 0 amide bonds. The van der Waals surface area contributed by atoms with Crippen LogP contribution in [0.5, 0.6) is 0 Å². The van der Waals surface area contributed by atoms with Crippen LogP contribution in [0.15, 0.2) is 28.2 Å². The molecule has 0 radical (unpaired) electrons. The second-order valence-electron chi connectivity index (χ2n) is 4.95. The third-order valence-corrected chi connectivity index (χ3v) is 4.20. The van der Waals surface area contributed by atoms with Gasteiger partial charge in [0.25, 0.3) is 0 Å². The third-order valence-electron chi connectivity index (χ3n) is 3.29. The van der Waals surface area contributed by atoms with Crippen molar-refractivity contribution in [2.24, 2.45) is 0 Å². The van der Waals surface area contributed by atoms with Gasteiger partial charge in [0, 0.05) is 25.0 Å². The molecule has 0 aliphatic carbocycles. The van der Waals surface area contributed by atoms with Crippen LogP contribution >= 0.6 is 11.3 Å². The van der Waals surface area contributed by atoms with Gasteiger partial charge in [-0.15, -0.1) is 11.3 Å². The number of furan rings is 1. The summed E-state index contributed by atoms with van der Waals surface area (Å²) in [7, 11) is 0. The topological polar surface area (TPSA) is 75.8 Å². The maximum Gasteiger partial charge on any atom is 0.306 e.